The van der Waals surface area contributed by atoms with E-state index in [-0.39, 0.29) is 5.82 Å². The van der Waals surface area contributed by atoms with Crippen molar-refractivity contribution in [3.8, 4) is 6.07 Å². The molecule has 1 aromatic carbocycles. The van der Waals surface area contributed by atoms with Crippen molar-refractivity contribution in [1.29, 1.82) is 5.26 Å². The third-order valence-electron chi connectivity index (χ3n) is 2.87. The van der Waals surface area contributed by atoms with Crippen molar-refractivity contribution in [2.75, 3.05) is 11.9 Å². The molecule has 78 valence electrons. The first-order valence-corrected chi connectivity index (χ1v) is 5.13. The van der Waals surface area contributed by atoms with Gasteiger partial charge in [-0.1, -0.05) is 6.92 Å². The van der Waals surface area contributed by atoms with Crippen molar-refractivity contribution in [2.24, 2.45) is 11.8 Å². The molecule has 0 radical (unpaired) electrons. The molecule has 1 fully saturated rings. The van der Waals surface area contributed by atoms with E-state index in [1.807, 2.05) is 6.07 Å². The molecule has 2 nitrogen and oxygen atoms in total. The molecule has 0 spiro atoms. The number of hydrogen-bond acceptors (Lipinski definition) is 2. The summed E-state index contributed by atoms with van der Waals surface area (Å²) in [6.45, 7) is 3.08. The highest BCUT2D eigenvalue weighted by Crippen LogP contribution is 2.37. The normalized spacial score (nSPS) is 23.3. The van der Waals surface area contributed by atoms with Crippen molar-refractivity contribution >= 4 is 5.69 Å². The molecule has 1 N–H and O–H groups in total. The van der Waals surface area contributed by atoms with Crippen LogP contribution in [0.25, 0.3) is 0 Å². The standard InChI is InChI=1S/C12H13FN2/c1-8-2-10(8)7-15-12-4-9(6-14)3-11(13)5-12/h3-5,8,10,15H,2,7H2,1H3. The fraction of sp³-hybridized carbons (Fsp3) is 0.417. The van der Waals surface area contributed by atoms with Gasteiger partial charge in [0.05, 0.1) is 11.6 Å². The maximum atomic E-state index is 13.0. The van der Waals surface area contributed by atoms with Crippen LogP contribution in [0.1, 0.15) is 18.9 Å². The van der Waals surface area contributed by atoms with Gasteiger partial charge in [-0.2, -0.15) is 5.26 Å². The molecule has 0 heterocycles. The van der Waals surface area contributed by atoms with Crippen LogP contribution in [-0.4, -0.2) is 6.54 Å². The number of nitrogens with one attached hydrogen (secondary N) is 1. The summed E-state index contributed by atoms with van der Waals surface area (Å²) in [7, 11) is 0. The third-order valence-corrected chi connectivity index (χ3v) is 2.87. The van der Waals surface area contributed by atoms with Gasteiger partial charge in [-0.05, 0) is 36.5 Å². The Labute approximate surface area is 88.7 Å². The van der Waals surface area contributed by atoms with Crippen LogP contribution >= 0.6 is 0 Å². The second kappa shape index (κ2) is 3.90. The minimum absolute atomic E-state index is 0.361. The van der Waals surface area contributed by atoms with Crippen LogP contribution in [-0.2, 0) is 0 Å². The van der Waals surface area contributed by atoms with E-state index in [0.29, 0.717) is 17.2 Å². The van der Waals surface area contributed by atoms with Gasteiger partial charge in [0.25, 0.3) is 0 Å². The van der Waals surface area contributed by atoms with Crippen LogP contribution in [0.4, 0.5) is 10.1 Å². The average molecular weight is 204 g/mol. The van der Waals surface area contributed by atoms with E-state index >= 15 is 0 Å². The van der Waals surface area contributed by atoms with E-state index in [9.17, 15) is 4.39 Å². The maximum absolute atomic E-state index is 13.0. The second-order valence-electron chi connectivity index (χ2n) is 4.19. The molecule has 0 amide bonds. The molecule has 0 saturated heterocycles. The molecule has 0 bridgehead atoms. The Bertz CT molecular complexity index is 409. The number of halogens is 1. The van der Waals surface area contributed by atoms with Gasteiger partial charge < -0.3 is 5.32 Å². The summed E-state index contributed by atoms with van der Waals surface area (Å²) in [5.41, 5.74) is 1.06. The number of anilines is 1. The smallest absolute Gasteiger partial charge is 0.126 e. The molecule has 1 aliphatic rings. The van der Waals surface area contributed by atoms with E-state index in [4.69, 9.17) is 5.26 Å². The molecular formula is C12H13FN2. The van der Waals surface area contributed by atoms with Gasteiger partial charge in [0, 0.05) is 12.2 Å². The van der Waals surface area contributed by atoms with Crippen molar-refractivity contribution < 1.29 is 4.39 Å². The lowest BCUT2D eigenvalue weighted by molar-refractivity contribution is 0.627. The number of nitrogens with zero attached hydrogens (tertiary/aromatic N) is 1. The van der Waals surface area contributed by atoms with Gasteiger partial charge in [-0.3, -0.25) is 0 Å². The first-order chi connectivity index (χ1) is 7.19. The summed E-state index contributed by atoms with van der Waals surface area (Å²) in [5.74, 6) is 1.13. The molecule has 15 heavy (non-hydrogen) atoms. The highest BCUT2D eigenvalue weighted by atomic mass is 19.1. The fourth-order valence-electron chi connectivity index (χ4n) is 1.69. The number of hydrogen-bond donors (Lipinski definition) is 1. The predicted octanol–water partition coefficient (Wildman–Crippen LogP) is 2.77. The molecule has 1 aliphatic carbocycles. The number of rotatable bonds is 3. The number of nitriles is 1. The first kappa shape index (κ1) is 9.97. The summed E-state index contributed by atoms with van der Waals surface area (Å²) in [4.78, 5) is 0. The van der Waals surface area contributed by atoms with Crippen molar-refractivity contribution in [3.05, 3.63) is 29.6 Å². The van der Waals surface area contributed by atoms with Gasteiger partial charge >= 0.3 is 0 Å². The minimum atomic E-state index is -0.361. The molecule has 0 aromatic heterocycles. The molecule has 1 saturated carbocycles. The summed E-state index contributed by atoms with van der Waals surface area (Å²) < 4.78 is 13.0. The quantitative estimate of drug-likeness (QED) is 0.821. The topological polar surface area (TPSA) is 35.8 Å². The van der Waals surface area contributed by atoms with E-state index in [0.717, 1.165) is 12.5 Å². The van der Waals surface area contributed by atoms with Gasteiger partial charge in [0.15, 0.2) is 0 Å². The van der Waals surface area contributed by atoms with Crippen molar-refractivity contribution in [3.63, 3.8) is 0 Å². The minimum Gasteiger partial charge on any atom is -0.385 e. The van der Waals surface area contributed by atoms with Crippen LogP contribution in [0.3, 0.4) is 0 Å². The van der Waals surface area contributed by atoms with Crippen LogP contribution in [0, 0.1) is 29.0 Å². The lowest BCUT2D eigenvalue weighted by Gasteiger charge is -2.05. The molecule has 2 atom stereocenters. The molecule has 2 unspecified atom stereocenters. The highest BCUT2D eigenvalue weighted by Gasteiger charge is 2.31. The first-order valence-electron chi connectivity index (χ1n) is 5.13. The zero-order valence-electron chi connectivity index (χ0n) is 8.63. The fourth-order valence-corrected chi connectivity index (χ4v) is 1.69. The molecule has 0 aliphatic heterocycles. The maximum Gasteiger partial charge on any atom is 0.126 e. The van der Waals surface area contributed by atoms with Gasteiger partial charge in [-0.25, -0.2) is 4.39 Å². The Morgan fingerprint density at radius 1 is 1.53 bits per heavy atom. The summed E-state index contributed by atoms with van der Waals surface area (Å²) in [6.07, 6.45) is 1.24. The van der Waals surface area contributed by atoms with E-state index in [2.05, 4.69) is 12.2 Å². The Hall–Kier alpha value is -1.56. The van der Waals surface area contributed by atoms with Gasteiger partial charge in [0.1, 0.15) is 5.82 Å². The zero-order chi connectivity index (χ0) is 10.8. The molecule has 1 aromatic rings. The van der Waals surface area contributed by atoms with E-state index < -0.39 is 0 Å². The van der Waals surface area contributed by atoms with Crippen LogP contribution < -0.4 is 5.32 Å². The Morgan fingerprint density at radius 3 is 2.87 bits per heavy atom. The van der Waals surface area contributed by atoms with E-state index in [1.165, 1.54) is 18.6 Å². The molecule has 2 rings (SSSR count). The van der Waals surface area contributed by atoms with Gasteiger partial charge in [-0.15, -0.1) is 0 Å². The third kappa shape index (κ3) is 2.47. The Morgan fingerprint density at radius 2 is 2.27 bits per heavy atom. The largest absolute Gasteiger partial charge is 0.385 e. The monoisotopic (exact) mass is 204 g/mol. The predicted molar refractivity (Wildman–Crippen MR) is 56.9 cm³/mol. The Kier molecular flexibility index (Phi) is 2.59. The molecule has 3 heteroatoms. The number of benzene rings is 1. The van der Waals surface area contributed by atoms with E-state index in [1.54, 1.807) is 6.07 Å². The van der Waals surface area contributed by atoms with Crippen LogP contribution in [0.2, 0.25) is 0 Å². The summed E-state index contributed by atoms with van der Waals surface area (Å²) in [6, 6.07) is 6.28. The molecular weight excluding hydrogens is 191 g/mol. The summed E-state index contributed by atoms with van der Waals surface area (Å²) >= 11 is 0. The highest BCUT2D eigenvalue weighted by molar-refractivity contribution is 5.49. The van der Waals surface area contributed by atoms with Crippen molar-refractivity contribution in [2.45, 2.75) is 13.3 Å². The van der Waals surface area contributed by atoms with Gasteiger partial charge in [0.2, 0.25) is 0 Å². The average Bonchev–Trinajstić information content (AvgIpc) is 2.91. The Balaban J connectivity index is 2.01. The zero-order valence-corrected chi connectivity index (χ0v) is 8.63. The van der Waals surface area contributed by atoms with Crippen molar-refractivity contribution in [1.82, 2.24) is 0 Å². The van der Waals surface area contributed by atoms with Crippen LogP contribution in [0.15, 0.2) is 18.2 Å². The summed E-state index contributed by atoms with van der Waals surface area (Å²) in [5, 5.41) is 11.8. The second-order valence-corrected chi connectivity index (χ2v) is 4.19. The SMILES string of the molecule is CC1CC1CNc1cc(F)cc(C#N)c1. The lowest BCUT2D eigenvalue weighted by atomic mass is 10.2. The lowest BCUT2D eigenvalue weighted by Crippen LogP contribution is -2.04. The van der Waals surface area contributed by atoms with Crippen LogP contribution in [0.5, 0.6) is 0 Å².